The van der Waals surface area contributed by atoms with Crippen molar-refractivity contribution in [2.45, 2.75) is 26.3 Å². The molecule has 8 heteroatoms. The molecule has 5 nitrogen and oxygen atoms in total. The number of amides is 1. The highest BCUT2D eigenvalue weighted by Crippen LogP contribution is 2.38. The molecule has 2 aromatic carbocycles. The lowest BCUT2D eigenvalue weighted by Crippen LogP contribution is -2.32. The minimum absolute atomic E-state index is 0.0815. The Morgan fingerprint density at radius 1 is 1.32 bits per heavy atom. The summed E-state index contributed by atoms with van der Waals surface area (Å²) in [6.07, 6.45) is 1.97. The molecule has 0 bridgehead atoms. The SMILES string of the molecule is C=C(O)c1ccc([C@@H](CO)NC(=O)/C(=C/c2c(C)cc(OC)c(Cl)c2Cl)CC)c(F)c1. The Kier molecular flexibility index (Phi) is 8.51. The average molecular weight is 468 g/mol. The Morgan fingerprint density at radius 2 is 2.00 bits per heavy atom. The van der Waals surface area contributed by atoms with Crippen LogP contribution in [0.5, 0.6) is 5.75 Å². The Bertz CT molecular complexity index is 1040. The summed E-state index contributed by atoms with van der Waals surface area (Å²) < 4.78 is 19.7. The molecule has 0 radical (unpaired) electrons. The first-order valence-electron chi connectivity index (χ1n) is 9.47. The third kappa shape index (κ3) is 5.58. The first-order chi connectivity index (χ1) is 14.6. The molecule has 0 aliphatic carbocycles. The van der Waals surface area contributed by atoms with E-state index in [9.17, 15) is 19.4 Å². The number of hydrogen-bond acceptors (Lipinski definition) is 4. The van der Waals surface area contributed by atoms with Crippen LogP contribution in [0.4, 0.5) is 4.39 Å². The predicted molar refractivity (Wildman–Crippen MR) is 122 cm³/mol. The van der Waals surface area contributed by atoms with Gasteiger partial charge in [0, 0.05) is 16.7 Å². The zero-order chi connectivity index (χ0) is 23.3. The summed E-state index contributed by atoms with van der Waals surface area (Å²) in [6, 6.07) is 4.65. The number of carbonyl (C=O) groups excluding carboxylic acids is 1. The standard InChI is InChI=1S/C23H24Cl2FNO4/c1-5-14(9-17-12(2)8-20(31-4)22(25)21(17)24)23(30)27-19(11-28)16-7-6-15(13(3)29)10-18(16)26/h6-10,19,28-29H,3,5,11H2,1-2,4H3,(H,27,30)/b14-9+/t19-/m1/s1. The maximum Gasteiger partial charge on any atom is 0.247 e. The third-order valence-electron chi connectivity index (χ3n) is 4.83. The molecule has 0 saturated heterocycles. The second-order valence-electron chi connectivity index (χ2n) is 6.85. The molecule has 31 heavy (non-hydrogen) atoms. The van der Waals surface area contributed by atoms with Crippen LogP contribution in [-0.2, 0) is 4.79 Å². The van der Waals surface area contributed by atoms with Gasteiger partial charge in [-0.05, 0) is 42.7 Å². The molecule has 166 valence electrons. The van der Waals surface area contributed by atoms with Gasteiger partial charge in [0.15, 0.2) is 0 Å². The van der Waals surface area contributed by atoms with Gasteiger partial charge in [-0.15, -0.1) is 0 Å². The predicted octanol–water partition coefficient (Wildman–Crippen LogP) is 5.62. The summed E-state index contributed by atoms with van der Waals surface area (Å²) in [6.45, 7) is 6.43. The number of hydrogen-bond donors (Lipinski definition) is 3. The minimum Gasteiger partial charge on any atom is -0.508 e. The first-order valence-corrected chi connectivity index (χ1v) is 10.2. The van der Waals surface area contributed by atoms with Crippen molar-refractivity contribution in [1.82, 2.24) is 5.32 Å². The van der Waals surface area contributed by atoms with E-state index in [2.05, 4.69) is 11.9 Å². The summed E-state index contributed by atoms with van der Waals surface area (Å²) in [5.74, 6) is -1.03. The summed E-state index contributed by atoms with van der Waals surface area (Å²) in [5.41, 5.74) is 1.98. The summed E-state index contributed by atoms with van der Waals surface area (Å²) in [4.78, 5) is 12.9. The average Bonchev–Trinajstić information content (AvgIpc) is 2.74. The van der Waals surface area contributed by atoms with Crippen molar-refractivity contribution in [2.75, 3.05) is 13.7 Å². The maximum absolute atomic E-state index is 14.5. The van der Waals surface area contributed by atoms with E-state index < -0.39 is 24.4 Å². The minimum atomic E-state index is -0.987. The molecule has 0 aromatic heterocycles. The smallest absolute Gasteiger partial charge is 0.247 e. The van der Waals surface area contributed by atoms with E-state index in [1.165, 1.54) is 19.2 Å². The van der Waals surface area contributed by atoms with Gasteiger partial charge in [-0.1, -0.05) is 48.8 Å². The number of carbonyl (C=O) groups is 1. The lowest BCUT2D eigenvalue weighted by atomic mass is 10.0. The maximum atomic E-state index is 14.5. The largest absolute Gasteiger partial charge is 0.508 e. The normalized spacial score (nSPS) is 12.4. The molecule has 0 aliphatic rings. The van der Waals surface area contributed by atoms with E-state index in [0.29, 0.717) is 23.3 Å². The fraction of sp³-hybridized carbons (Fsp3) is 0.261. The van der Waals surface area contributed by atoms with Gasteiger partial charge < -0.3 is 20.3 Å². The summed E-state index contributed by atoms with van der Waals surface area (Å²) >= 11 is 12.6. The van der Waals surface area contributed by atoms with Crippen LogP contribution in [0.3, 0.4) is 0 Å². The van der Waals surface area contributed by atoms with Crippen molar-refractivity contribution in [3.63, 3.8) is 0 Å². The van der Waals surface area contributed by atoms with Crippen LogP contribution in [-0.4, -0.2) is 29.8 Å². The number of methoxy groups -OCH3 is 1. The van der Waals surface area contributed by atoms with E-state index >= 15 is 0 Å². The number of aryl methyl sites for hydroxylation is 1. The zero-order valence-electron chi connectivity index (χ0n) is 17.4. The van der Waals surface area contributed by atoms with Gasteiger partial charge in [-0.25, -0.2) is 4.39 Å². The van der Waals surface area contributed by atoms with Crippen LogP contribution in [0.2, 0.25) is 10.0 Å². The van der Waals surface area contributed by atoms with Crippen molar-refractivity contribution < 1.29 is 24.1 Å². The molecule has 2 aromatic rings. The van der Waals surface area contributed by atoms with E-state index in [0.717, 1.165) is 11.6 Å². The summed E-state index contributed by atoms with van der Waals surface area (Å²) in [7, 11) is 1.48. The lowest BCUT2D eigenvalue weighted by Gasteiger charge is -2.19. The second-order valence-corrected chi connectivity index (χ2v) is 7.61. The number of aliphatic hydroxyl groups is 2. The third-order valence-corrected chi connectivity index (χ3v) is 5.69. The van der Waals surface area contributed by atoms with Gasteiger partial charge in [0.05, 0.1) is 24.8 Å². The van der Waals surface area contributed by atoms with Crippen molar-refractivity contribution >= 4 is 40.9 Å². The highest BCUT2D eigenvalue weighted by molar-refractivity contribution is 6.44. The fourth-order valence-electron chi connectivity index (χ4n) is 3.03. The van der Waals surface area contributed by atoms with Gasteiger partial charge >= 0.3 is 0 Å². The fourth-order valence-corrected chi connectivity index (χ4v) is 3.56. The van der Waals surface area contributed by atoms with Gasteiger partial charge in [0.1, 0.15) is 22.3 Å². The monoisotopic (exact) mass is 467 g/mol. The van der Waals surface area contributed by atoms with Gasteiger partial charge in [-0.2, -0.15) is 0 Å². The highest BCUT2D eigenvalue weighted by Gasteiger charge is 2.21. The van der Waals surface area contributed by atoms with Gasteiger partial charge in [-0.3, -0.25) is 4.79 Å². The number of ether oxygens (including phenoxy) is 1. The van der Waals surface area contributed by atoms with E-state index in [4.69, 9.17) is 27.9 Å². The van der Waals surface area contributed by atoms with E-state index in [-0.39, 0.29) is 26.9 Å². The van der Waals surface area contributed by atoms with E-state index in [1.54, 1.807) is 19.1 Å². The quantitative estimate of drug-likeness (QED) is 0.347. The van der Waals surface area contributed by atoms with Crippen LogP contribution >= 0.6 is 23.2 Å². The molecule has 0 heterocycles. The number of aliphatic hydroxyl groups excluding tert-OH is 2. The molecule has 0 fully saturated rings. The Hall–Kier alpha value is -2.54. The Labute approximate surface area is 190 Å². The molecule has 3 N–H and O–H groups in total. The molecule has 0 unspecified atom stereocenters. The molecule has 1 amide bonds. The first kappa shape index (κ1) is 24.7. The van der Waals surface area contributed by atoms with Crippen molar-refractivity contribution in [1.29, 1.82) is 0 Å². The molecule has 0 aliphatic heterocycles. The van der Waals surface area contributed by atoms with Crippen LogP contribution in [0.25, 0.3) is 11.8 Å². The molecular formula is C23H24Cl2FNO4. The molecule has 2 rings (SSSR count). The van der Waals surface area contributed by atoms with Crippen LogP contribution in [0, 0.1) is 12.7 Å². The van der Waals surface area contributed by atoms with Crippen molar-refractivity contribution in [3.8, 4) is 5.75 Å². The Balaban J connectivity index is 2.36. The summed E-state index contributed by atoms with van der Waals surface area (Å²) in [5, 5.41) is 22.3. The molecular weight excluding hydrogens is 444 g/mol. The van der Waals surface area contributed by atoms with Crippen LogP contribution in [0.1, 0.15) is 41.6 Å². The number of rotatable bonds is 8. The number of halogens is 3. The van der Waals surface area contributed by atoms with Crippen LogP contribution in [0.15, 0.2) is 36.4 Å². The van der Waals surface area contributed by atoms with Crippen molar-refractivity contribution in [2.24, 2.45) is 0 Å². The molecule has 0 saturated carbocycles. The number of nitrogens with one attached hydrogen (secondary N) is 1. The molecule has 0 spiro atoms. The second kappa shape index (κ2) is 10.7. The van der Waals surface area contributed by atoms with Crippen LogP contribution < -0.4 is 10.1 Å². The zero-order valence-corrected chi connectivity index (χ0v) is 18.9. The highest BCUT2D eigenvalue weighted by atomic mass is 35.5. The molecule has 1 atom stereocenters. The van der Waals surface area contributed by atoms with Gasteiger partial charge in [0.2, 0.25) is 5.91 Å². The van der Waals surface area contributed by atoms with Gasteiger partial charge in [0.25, 0.3) is 0 Å². The lowest BCUT2D eigenvalue weighted by molar-refractivity contribution is -0.118. The van der Waals surface area contributed by atoms with E-state index in [1.807, 2.05) is 6.92 Å². The Morgan fingerprint density at radius 3 is 2.52 bits per heavy atom. The topological polar surface area (TPSA) is 78.8 Å². The van der Waals surface area contributed by atoms with Crippen molar-refractivity contribution in [3.05, 3.63) is 74.5 Å². The number of benzene rings is 2.